The van der Waals surface area contributed by atoms with Crippen molar-refractivity contribution >= 4 is 17.3 Å². The maximum atomic E-state index is 4.85. The SMILES string of the molecule is CCNC(=NCc1nnc2n1CCCCC2)NCC1CCCN(C)C1c1cccs1. The van der Waals surface area contributed by atoms with Crippen LogP contribution in [0.1, 0.15) is 61.6 Å². The number of hydrogen-bond donors (Lipinski definition) is 2. The van der Waals surface area contributed by atoms with Gasteiger partial charge in [0.1, 0.15) is 12.4 Å². The second-order valence-corrected chi connectivity index (χ2v) is 9.39. The number of piperidine rings is 1. The Hall–Kier alpha value is -1.93. The highest BCUT2D eigenvalue weighted by molar-refractivity contribution is 7.10. The average Bonchev–Trinajstić information content (AvgIpc) is 3.35. The number of fused-ring (bicyclic) bond motifs is 1. The molecule has 0 saturated carbocycles. The molecule has 1 fully saturated rings. The fourth-order valence-corrected chi connectivity index (χ4v) is 5.75. The third-order valence-corrected chi connectivity index (χ3v) is 7.23. The minimum absolute atomic E-state index is 0.487. The summed E-state index contributed by atoms with van der Waals surface area (Å²) in [5.74, 6) is 3.56. The number of nitrogens with zero attached hydrogens (tertiary/aromatic N) is 5. The Morgan fingerprint density at radius 2 is 2.13 bits per heavy atom. The van der Waals surface area contributed by atoms with Crippen molar-refractivity contribution in [2.45, 2.75) is 64.6 Å². The molecule has 30 heavy (non-hydrogen) atoms. The number of nitrogens with one attached hydrogen (secondary N) is 2. The molecular formula is C22H35N7S. The summed E-state index contributed by atoms with van der Waals surface area (Å²) in [6.45, 7) is 6.66. The second kappa shape index (κ2) is 10.4. The Morgan fingerprint density at radius 1 is 1.20 bits per heavy atom. The Morgan fingerprint density at radius 3 is 2.97 bits per heavy atom. The van der Waals surface area contributed by atoms with Gasteiger partial charge < -0.3 is 15.2 Å². The molecule has 0 bridgehead atoms. The monoisotopic (exact) mass is 429 g/mol. The van der Waals surface area contributed by atoms with E-state index in [0.29, 0.717) is 18.5 Å². The van der Waals surface area contributed by atoms with Crippen molar-refractivity contribution < 1.29 is 0 Å². The molecule has 2 atom stereocenters. The van der Waals surface area contributed by atoms with Crippen LogP contribution in [0.15, 0.2) is 22.5 Å². The molecule has 2 aromatic heterocycles. The van der Waals surface area contributed by atoms with Crippen molar-refractivity contribution in [3.8, 4) is 0 Å². The van der Waals surface area contributed by atoms with E-state index < -0.39 is 0 Å². The molecule has 0 aliphatic carbocycles. The zero-order chi connectivity index (χ0) is 20.8. The summed E-state index contributed by atoms with van der Waals surface area (Å²) in [6.07, 6.45) is 7.24. The molecule has 2 aromatic rings. The van der Waals surface area contributed by atoms with Crippen LogP contribution in [-0.4, -0.2) is 52.3 Å². The minimum atomic E-state index is 0.487. The Labute approximate surface area is 184 Å². The summed E-state index contributed by atoms with van der Waals surface area (Å²) in [5, 5.41) is 18.0. The molecule has 4 rings (SSSR count). The number of rotatable bonds is 6. The summed E-state index contributed by atoms with van der Waals surface area (Å²) >= 11 is 1.87. The predicted octanol–water partition coefficient (Wildman–Crippen LogP) is 3.20. The zero-order valence-electron chi connectivity index (χ0n) is 18.3. The first-order valence-corrected chi connectivity index (χ1v) is 12.3. The number of hydrogen-bond acceptors (Lipinski definition) is 5. The molecule has 164 valence electrons. The van der Waals surface area contributed by atoms with Crippen LogP contribution in [0, 0.1) is 5.92 Å². The molecular weight excluding hydrogens is 394 g/mol. The largest absolute Gasteiger partial charge is 0.357 e. The van der Waals surface area contributed by atoms with Gasteiger partial charge in [0.05, 0.1) is 0 Å². The number of guanidine groups is 1. The van der Waals surface area contributed by atoms with E-state index in [1.165, 1.54) is 43.5 Å². The van der Waals surface area contributed by atoms with Crippen LogP contribution >= 0.6 is 11.3 Å². The van der Waals surface area contributed by atoms with E-state index in [9.17, 15) is 0 Å². The smallest absolute Gasteiger partial charge is 0.191 e. The van der Waals surface area contributed by atoms with E-state index in [1.54, 1.807) is 0 Å². The topological polar surface area (TPSA) is 70.4 Å². The number of aliphatic imine (C=N–C) groups is 1. The number of thiophene rings is 1. The molecule has 0 amide bonds. The standard InChI is InChI=1S/C22H35N7S/c1-3-23-22(25-16-20-27-26-19-11-5-4-6-13-29(19)20)24-15-17-9-7-12-28(2)21(17)18-10-8-14-30-18/h8,10,14,17,21H,3-7,9,11-13,15-16H2,1-2H3,(H2,23,24,25). The summed E-state index contributed by atoms with van der Waals surface area (Å²) < 4.78 is 2.28. The van der Waals surface area contributed by atoms with Gasteiger partial charge in [-0.25, -0.2) is 4.99 Å². The third-order valence-electron chi connectivity index (χ3n) is 6.28. The van der Waals surface area contributed by atoms with E-state index >= 15 is 0 Å². The van der Waals surface area contributed by atoms with Crippen molar-refractivity contribution in [3.63, 3.8) is 0 Å². The quantitative estimate of drug-likeness (QED) is 0.545. The molecule has 0 aromatic carbocycles. The number of likely N-dealkylation sites (tertiary alicyclic amines) is 1. The van der Waals surface area contributed by atoms with Crippen LogP contribution in [0.5, 0.6) is 0 Å². The lowest BCUT2D eigenvalue weighted by Gasteiger charge is -2.39. The lowest BCUT2D eigenvalue weighted by Crippen LogP contribution is -2.44. The van der Waals surface area contributed by atoms with Gasteiger partial charge in [-0.3, -0.25) is 4.90 Å². The molecule has 2 N–H and O–H groups in total. The van der Waals surface area contributed by atoms with Crippen molar-refractivity contribution in [2.75, 3.05) is 26.7 Å². The average molecular weight is 430 g/mol. The van der Waals surface area contributed by atoms with E-state index in [0.717, 1.165) is 43.7 Å². The highest BCUT2D eigenvalue weighted by atomic mass is 32.1. The molecule has 2 aliphatic rings. The Bertz CT molecular complexity index is 814. The van der Waals surface area contributed by atoms with E-state index in [1.807, 2.05) is 11.3 Å². The van der Waals surface area contributed by atoms with E-state index in [-0.39, 0.29) is 0 Å². The number of aryl methyl sites for hydroxylation is 1. The van der Waals surface area contributed by atoms with Crippen molar-refractivity contribution in [2.24, 2.45) is 10.9 Å². The van der Waals surface area contributed by atoms with Gasteiger partial charge in [0, 0.05) is 37.0 Å². The molecule has 8 heteroatoms. The first-order chi connectivity index (χ1) is 14.8. The number of aromatic nitrogens is 3. The summed E-state index contributed by atoms with van der Waals surface area (Å²) in [5.41, 5.74) is 0. The van der Waals surface area contributed by atoms with Gasteiger partial charge >= 0.3 is 0 Å². The lowest BCUT2D eigenvalue weighted by atomic mass is 9.88. The fraction of sp³-hybridized carbons (Fsp3) is 0.682. The van der Waals surface area contributed by atoms with Crippen LogP contribution in [0.25, 0.3) is 0 Å². The van der Waals surface area contributed by atoms with Crippen LogP contribution in [-0.2, 0) is 19.5 Å². The first-order valence-electron chi connectivity index (χ1n) is 11.4. The summed E-state index contributed by atoms with van der Waals surface area (Å²) in [7, 11) is 2.26. The van der Waals surface area contributed by atoms with Crippen molar-refractivity contribution in [1.82, 2.24) is 30.3 Å². The van der Waals surface area contributed by atoms with Crippen molar-refractivity contribution in [1.29, 1.82) is 0 Å². The maximum absolute atomic E-state index is 4.85. The van der Waals surface area contributed by atoms with Crippen LogP contribution in [0.3, 0.4) is 0 Å². The van der Waals surface area contributed by atoms with Gasteiger partial charge in [-0.05, 0) is 63.6 Å². The molecule has 0 radical (unpaired) electrons. The maximum Gasteiger partial charge on any atom is 0.191 e. The van der Waals surface area contributed by atoms with Crippen LogP contribution in [0.4, 0.5) is 0 Å². The van der Waals surface area contributed by atoms with Gasteiger partial charge in [0.25, 0.3) is 0 Å². The molecule has 7 nitrogen and oxygen atoms in total. The van der Waals surface area contributed by atoms with Gasteiger partial charge in [0.15, 0.2) is 11.8 Å². The van der Waals surface area contributed by atoms with Crippen molar-refractivity contribution in [3.05, 3.63) is 34.0 Å². The fourth-order valence-electron chi connectivity index (χ4n) is 4.76. The summed E-state index contributed by atoms with van der Waals surface area (Å²) in [6, 6.07) is 4.93. The molecule has 0 spiro atoms. The first kappa shape index (κ1) is 21.3. The van der Waals surface area contributed by atoms with E-state index in [2.05, 4.69) is 61.8 Å². The zero-order valence-corrected chi connectivity index (χ0v) is 19.1. The Kier molecular flexibility index (Phi) is 7.38. The summed E-state index contributed by atoms with van der Waals surface area (Å²) in [4.78, 5) is 8.83. The Balaban J connectivity index is 1.41. The van der Waals surface area contributed by atoms with Gasteiger partial charge in [-0.2, -0.15) is 0 Å². The highest BCUT2D eigenvalue weighted by Crippen LogP contribution is 2.36. The second-order valence-electron chi connectivity index (χ2n) is 8.41. The molecule has 4 heterocycles. The normalized spacial score (nSPS) is 23.1. The molecule has 2 aliphatic heterocycles. The van der Waals surface area contributed by atoms with E-state index in [4.69, 9.17) is 4.99 Å². The van der Waals surface area contributed by atoms with Gasteiger partial charge in [-0.1, -0.05) is 12.5 Å². The van der Waals surface area contributed by atoms with Gasteiger partial charge in [-0.15, -0.1) is 21.5 Å². The lowest BCUT2D eigenvalue weighted by molar-refractivity contribution is 0.125. The van der Waals surface area contributed by atoms with Gasteiger partial charge in [0.2, 0.25) is 0 Å². The third kappa shape index (κ3) is 5.03. The van der Waals surface area contributed by atoms with Crippen LogP contribution in [0.2, 0.25) is 0 Å². The predicted molar refractivity (Wildman–Crippen MR) is 123 cm³/mol. The molecule has 2 unspecified atom stereocenters. The minimum Gasteiger partial charge on any atom is -0.357 e. The molecule has 1 saturated heterocycles. The van der Waals surface area contributed by atoms with Crippen LogP contribution < -0.4 is 10.6 Å². The highest BCUT2D eigenvalue weighted by Gasteiger charge is 2.31.